The average molecular weight is 520 g/mol. The number of halogens is 4. The zero-order valence-corrected chi connectivity index (χ0v) is 18.8. The first-order valence-electron chi connectivity index (χ1n) is 8.32. The highest BCUT2D eigenvalue weighted by molar-refractivity contribution is 6.36. The van der Waals surface area contributed by atoms with E-state index in [2.05, 4.69) is 10.6 Å². The summed E-state index contributed by atoms with van der Waals surface area (Å²) in [7, 11) is 0. The number of hydrogen-bond acceptors (Lipinski definition) is 4. The fourth-order valence-corrected chi connectivity index (χ4v) is 2.50. The number of carbonyl (C=O) groups is 4. The molecule has 8 nitrogen and oxygen atoms in total. The molecule has 2 amide bonds. The summed E-state index contributed by atoms with van der Waals surface area (Å²) in [4.78, 5) is 42.8. The van der Waals surface area contributed by atoms with Crippen LogP contribution in [0.2, 0.25) is 20.1 Å². The Morgan fingerprint density at radius 3 is 1.28 bits per heavy atom. The molecule has 0 aliphatic carbocycles. The third-order valence-corrected chi connectivity index (χ3v) is 4.26. The lowest BCUT2D eigenvalue weighted by Gasteiger charge is -2.04. The highest BCUT2D eigenvalue weighted by Crippen LogP contribution is 2.26. The SMILES string of the molecule is O=C(O)/C=C\C(=O)Nc1cc(Cl)ccc1Cl.O=C(O)/C=C\C(=O)Nc1cc(Cl)ccc1Cl. The van der Waals surface area contributed by atoms with Gasteiger partial charge < -0.3 is 20.8 Å². The van der Waals surface area contributed by atoms with Gasteiger partial charge in [0.1, 0.15) is 0 Å². The first-order chi connectivity index (χ1) is 15.0. The van der Waals surface area contributed by atoms with Gasteiger partial charge in [-0.1, -0.05) is 46.4 Å². The van der Waals surface area contributed by atoms with Crippen molar-refractivity contribution in [3.8, 4) is 0 Å². The lowest BCUT2D eigenvalue weighted by Crippen LogP contribution is -2.09. The molecular formula is C20H14Cl4N2O6. The summed E-state index contributed by atoms with van der Waals surface area (Å²) in [6, 6.07) is 9.15. The number of anilines is 2. The van der Waals surface area contributed by atoms with Crippen molar-refractivity contribution in [2.75, 3.05) is 10.6 Å². The van der Waals surface area contributed by atoms with Gasteiger partial charge in [0.25, 0.3) is 0 Å². The van der Waals surface area contributed by atoms with Crippen LogP contribution < -0.4 is 10.6 Å². The second-order valence-corrected chi connectivity index (χ2v) is 7.26. The van der Waals surface area contributed by atoms with E-state index in [-0.39, 0.29) is 0 Å². The molecule has 0 aliphatic rings. The molecule has 0 fully saturated rings. The maximum atomic E-state index is 11.2. The summed E-state index contributed by atoms with van der Waals surface area (Å²) in [5.41, 5.74) is 0.656. The van der Waals surface area contributed by atoms with Crippen molar-refractivity contribution in [1.29, 1.82) is 0 Å². The Morgan fingerprint density at radius 2 is 0.969 bits per heavy atom. The van der Waals surface area contributed by atoms with E-state index in [4.69, 9.17) is 56.6 Å². The molecule has 0 bridgehead atoms. The van der Waals surface area contributed by atoms with Crippen LogP contribution >= 0.6 is 46.4 Å². The number of carbonyl (C=O) groups excluding carboxylic acids is 2. The number of nitrogens with one attached hydrogen (secondary N) is 2. The molecule has 32 heavy (non-hydrogen) atoms. The van der Waals surface area contributed by atoms with Crippen LogP contribution in [-0.2, 0) is 19.2 Å². The molecule has 2 aromatic carbocycles. The molecule has 0 saturated carbocycles. The Balaban J connectivity index is 0.000000320. The molecule has 0 radical (unpaired) electrons. The second kappa shape index (κ2) is 13.4. The first kappa shape index (κ1) is 27.0. The Bertz CT molecular complexity index is 1000. The minimum atomic E-state index is -1.20. The predicted octanol–water partition coefficient (Wildman–Crippen LogP) is 5.15. The molecule has 4 N–H and O–H groups in total. The maximum Gasteiger partial charge on any atom is 0.328 e. The zero-order valence-electron chi connectivity index (χ0n) is 15.8. The molecule has 0 heterocycles. The Hall–Kier alpha value is -3.04. The van der Waals surface area contributed by atoms with E-state index in [1.54, 1.807) is 12.1 Å². The Labute approximate surface area is 202 Å². The van der Waals surface area contributed by atoms with Crippen LogP contribution in [0, 0.1) is 0 Å². The number of amides is 2. The minimum absolute atomic E-state index is 0.321. The normalized spacial score (nSPS) is 10.4. The molecular weight excluding hydrogens is 506 g/mol. The quantitative estimate of drug-likeness (QED) is 0.390. The lowest BCUT2D eigenvalue weighted by atomic mass is 10.3. The molecule has 0 unspecified atom stereocenters. The van der Waals surface area contributed by atoms with Gasteiger partial charge in [0.15, 0.2) is 0 Å². The number of carboxylic acids is 2. The summed E-state index contributed by atoms with van der Waals surface area (Å²) >= 11 is 23.0. The van der Waals surface area contributed by atoms with E-state index in [9.17, 15) is 19.2 Å². The third kappa shape index (κ3) is 10.8. The van der Waals surface area contributed by atoms with Gasteiger partial charge in [0, 0.05) is 34.3 Å². The van der Waals surface area contributed by atoms with Gasteiger partial charge in [-0.3, -0.25) is 9.59 Å². The van der Waals surface area contributed by atoms with Gasteiger partial charge in [-0.05, 0) is 36.4 Å². The fourth-order valence-electron chi connectivity index (χ4n) is 1.83. The summed E-state index contributed by atoms with van der Waals surface area (Å²) < 4.78 is 0. The molecule has 0 aliphatic heterocycles. The molecule has 168 valence electrons. The van der Waals surface area contributed by atoms with Crippen molar-refractivity contribution >= 4 is 81.5 Å². The van der Waals surface area contributed by atoms with E-state index in [1.165, 1.54) is 24.3 Å². The van der Waals surface area contributed by atoms with Gasteiger partial charge in [-0.15, -0.1) is 0 Å². The molecule has 2 rings (SSSR count). The highest BCUT2D eigenvalue weighted by atomic mass is 35.5. The monoisotopic (exact) mass is 518 g/mol. The van der Waals surface area contributed by atoms with Crippen molar-refractivity contribution in [3.63, 3.8) is 0 Å². The number of hydrogen-bond donors (Lipinski definition) is 4. The maximum absolute atomic E-state index is 11.2. The minimum Gasteiger partial charge on any atom is -0.478 e. The van der Waals surface area contributed by atoms with Crippen molar-refractivity contribution in [3.05, 3.63) is 80.8 Å². The first-order valence-corrected chi connectivity index (χ1v) is 9.83. The molecule has 0 saturated heterocycles. The van der Waals surface area contributed by atoms with Crippen molar-refractivity contribution in [1.82, 2.24) is 0 Å². The van der Waals surface area contributed by atoms with Gasteiger partial charge in [0.2, 0.25) is 11.8 Å². The van der Waals surface area contributed by atoms with Crippen LogP contribution in [0.5, 0.6) is 0 Å². The summed E-state index contributed by atoms with van der Waals surface area (Å²) in [5, 5.41) is 22.9. The van der Waals surface area contributed by atoms with E-state index in [0.29, 0.717) is 31.5 Å². The standard InChI is InChI=1S/2C10H7Cl2NO3/c2*11-6-1-2-7(12)8(5-6)13-9(14)3-4-10(15)16/h2*1-5H,(H,13,14)(H,15,16)/b2*4-3-. The predicted molar refractivity (Wildman–Crippen MR) is 124 cm³/mol. The topological polar surface area (TPSA) is 133 Å². The molecule has 0 atom stereocenters. The summed E-state index contributed by atoms with van der Waals surface area (Å²) in [6.45, 7) is 0. The van der Waals surface area contributed by atoms with Gasteiger partial charge in [-0.2, -0.15) is 0 Å². The van der Waals surface area contributed by atoms with Crippen LogP contribution in [0.25, 0.3) is 0 Å². The van der Waals surface area contributed by atoms with E-state index in [1.807, 2.05) is 0 Å². The van der Waals surface area contributed by atoms with Crippen LogP contribution in [0.4, 0.5) is 11.4 Å². The highest BCUT2D eigenvalue weighted by Gasteiger charge is 2.05. The van der Waals surface area contributed by atoms with Crippen molar-refractivity contribution in [2.24, 2.45) is 0 Å². The number of rotatable bonds is 6. The van der Waals surface area contributed by atoms with Gasteiger partial charge in [-0.25, -0.2) is 9.59 Å². The molecule has 12 heteroatoms. The van der Waals surface area contributed by atoms with Crippen LogP contribution in [0.3, 0.4) is 0 Å². The Kier molecular flexibility index (Phi) is 11.3. The van der Waals surface area contributed by atoms with Crippen molar-refractivity contribution < 1.29 is 29.4 Å². The van der Waals surface area contributed by atoms with Gasteiger partial charge in [0.05, 0.1) is 21.4 Å². The lowest BCUT2D eigenvalue weighted by molar-refractivity contribution is -0.132. The third-order valence-electron chi connectivity index (χ3n) is 3.13. The zero-order chi connectivity index (χ0) is 24.3. The van der Waals surface area contributed by atoms with E-state index in [0.717, 1.165) is 24.3 Å². The van der Waals surface area contributed by atoms with Crippen molar-refractivity contribution in [2.45, 2.75) is 0 Å². The molecule has 0 spiro atoms. The van der Waals surface area contributed by atoms with E-state index < -0.39 is 23.8 Å². The largest absolute Gasteiger partial charge is 0.478 e. The fraction of sp³-hybridized carbons (Fsp3) is 0. The Morgan fingerprint density at radius 1 is 0.625 bits per heavy atom. The van der Waals surface area contributed by atoms with Crippen LogP contribution in [-0.4, -0.2) is 34.0 Å². The number of benzene rings is 2. The number of carboxylic acid groups (broad SMARTS) is 2. The second-order valence-electron chi connectivity index (χ2n) is 5.57. The van der Waals surface area contributed by atoms with E-state index >= 15 is 0 Å². The summed E-state index contributed by atoms with van der Waals surface area (Å²) in [5.74, 6) is -3.59. The average Bonchev–Trinajstić information content (AvgIpc) is 2.71. The molecule has 0 aromatic heterocycles. The number of aliphatic carboxylic acids is 2. The van der Waals surface area contributed by atoms with Crippen LogP contribution in [0.15, 0.2) is 60.7 Å². The smallest absolute Gasteiger partial charge is 0.328 e. The molecule has 2 aromatic rings. The van der Waals surface area contributed by atoms with Crippen LogP contribution in [0.1, 0.15) is 0 Å². The summed E-state index contributed by atoms with van der Waals surface area (Å²) in [6.07, 6.45) is 3.24. The van der Waals surface area contributed by atoms with Gasteiger partial charge >= 0.3 is 11.9 Å².